The minimum atomic E-state index is -4.04. The largest absolute Gasteiger partial charge is 0.507 e. The molecule has 2 aromatic carbocycles. The first-order valence-corrected chi connectivity index (χ1v) is 15.5. The third kappa shape index (κ3) is 5.84. The fourth-order valence-corrected chi connectivity index (χ4v) is 8.39. The van der Waals surface area contributed by atoms with Crippen LogP contribution in [0.3, 0.4) is 0 Å². The Balaban J connectivity index is 1.45. The standard InChI is InChI=1S/C27H31Cl2N3O6S/c28-21-13-19(31-16-25(34)30-27(31)35)14-22(29)26(21)38-20-11-12-23(33)24(15-20)39(36,37)32(17-7-3-1-4-8-17)18-9-5-2-6-10-18/h11-15,17-18,33H,1-10,16H2,(H,30,34,35). The van der Waals surface area contributed by atoms with Crippen molar-refractivity contribution in [3.05, 3.63) is 40.4 Å². The highest BCUT2D eigenvalue weighted by molar-refractivity contribution is 7.89. The number of benzene rings is 2. The molecule has 0 atom stereocenters. The maximum Gasteiger partial charge on any atom is 0.329 e. The van der Waals surface area contributed by atoms with E-state index in [9.17, 15) is 23.1 Å². The van der Waals surface area contributed by atoms with Crippen molar-refractivity contribution in [1.82, 2.24) is 9.62 Å². The summed E-state index contributed by atoms with van der Waals surface area (Å²) in [6, 6.07) is 6.13. The molecule has 0 bridgehead atoms. The van der Waals surface area contributed by atoms with Gasteiger partial charge in [0.15, 0.2) is 5.75 Å². The second kappa shape index (κ2) is 11.5. The van der Waals surface area contributed by atoms with Crippen molar-refractivity contribution in [1.29, 1.82) is 0 Å². The molecule has 1 aliphatic heterocycles. The van der Waals surface area contributed by atoms with Gasteiger partial charge in [0.1, 0.15) is 22.9 Å². The summed E-state index contributed by atoms with van der Waals surface area (Å²) in [7, 11) is -4.04. The van der Waals surface area contributed by atoms with Crippen molar-refractivity contribution in [2.75, 3.05) is 11.4 Å². The van der Waals surface area contributed by atoms with E-state index < -0.39 is 22.0 Å². The van der Waals surface area contributed by atoms with Crippen LogP contribution < -0.4 is 15.0 Å². The molecule has 0 unspecified atom stereocenters. The predicted molar refractivity (Wildman–Crippen MR) is 148 cm³/mol. The number of nitrogens with zero attached hydrogens (tertiary/aromatic N) is 2. The lowest BCUT2D eigenvalue weighted by molar-refractivity contribution is -0.117. The van der Waals surface area contributed by atoms with Crippen LogP contribution in [0.4, 0.5) is 10.5 Å². The van der Waals surface area contributed by atoms with Crippen LogP contribution in [0.5, 0.6) is 17.2 Å². The Hall–Kier alpha value is -2.53. The van der Waals surface area contributed by atoms with Gasteiger partial charge in [0.2, 0.25) is 15.9 Å². The van der Waals surface area contributed by atoms with E-state index in [0.717, 1.165) is 64.2 Å². The molecule has 2 aliphatic carbocycles. The van der Waals surface area contributed by atoms with Crippen LogP contribution in [0.2, 0.25) is 10.0 Å². The minimum absolute atomic E-state index is 0.0541. The molecule has 210 valence electrons. The van der Waals surface area contributed by atoms with Gasteiger partial charge in [-0.1, -0.05) is 61.7 Å². The van der Waals surface area contributed by atoms with Crippen LogP contribution in [0.15, 0.2) is 35.2 Å². The number of amides is 3. The SMILES string of the molecule is O=C1CN(c2cc(Cl)c(Oc3ccc(O)c(S(=O)(=O)N(C4CCCCC4)C4CCCCC4)c3)c(Cl)c2)C(=O)N1. The van der Waals surface area contributed by atoms with Gasteiger partial charge in [-0.2, -0.15) is 4.31 Å². The molecule has 0 spiro atoms. The lowest BCUT2D eigenvalue weighted by Crippen LogP contribution is -2.48. The Labute approximate surface area is 238 Å². The molecule has 0 aromatic heterocycles. The number of phenols is 1. The molecule has 3 fully saturated rings. The number of phenolic OH excluding ortho intramolecular Hbond substituents is 1. The van der Waals surface area contributed by atoms with E-state index >= 15 is 0 Å². The van der Waals surface area contributed by atoms with Crippen LogP contribution in [0.1, 0.15) is 64.2 Å². The number of rotatable bonds is 7. The van der Waals surface area contributed by atoms with Crippen LogP contribution in [0.25, 0.3) is 0 Å². The molecule has 2 saturated carbocycles. The van der Waals surface area contributed by atoms with E-state index in [-0.39, 0.29) is 50.8 Å². The predicted octanol–water partition coefficient (Wildman–Crippen LogP) is 6.20. The topological polar surface area (TPSA) is 116 Å². The molecule has 12 heteroatoms. The van der Waals surface area contributed by atoms with Gasteiger partial charge in [0.25, 0.3) is 0 Å². The Bertz CT molecular complexity index is 1330. The van der Waals surface area contributed by atoms with Crippen molar-refractivity contribution in [3.63, 3.8) is 0 Å². The lowest BCUT2D eigenvalue weighted by atomic mass is 9.91. The fourth-order valence-electron chi connectivity index (χ4n) is 5.81. The van der Waals surface area contributed by atoms with Gasteiger partial charge in [-0.15, -0.1) is 0 Å². The molecule has 2 N–H and O–H groups in total. The molecule has 5 rings (SSSR count). The monoisotopic (exact) mass is 595 g/mol. The van der Waals surface area contributed by atoms with E-state index in [1.165, 1.54) is 35.2 Å². The molecular weight excluding hydrogens is 565 g/mol. The molecule has 2 aromatic rings. The van der Waals surface area contributed by atoms with Crippen molar-refractivity contribution in [3.8, 4) is 17.2 Å². The highest BCUT2D eigenvalue weighted by Crippen LogP contribution is 2.42. The summed E-state index contributed by atoms with van der Waals surface area (Å²) < 4.78 is 35.8. The van der Waals surface area contributed by atoms with Gasteiger partial charge >= 0.3 is 6.03 Å². The molecule has 0 radical (unpaired) electrons. The number of hydrogen-bond donors (Lipinski definition) is 2. The number of sulfonamides is 1. The molecular formula is C27H31Cl2N3O6S. The fraction of sp³-hybridized carbons (Fsp3) is 0.481. The zero-order valence-corrected chi connectivity index (χ0v) is 23.7. The van der Waals surface area contributed by atoms with Crippen LogP contribution in [-0.4, -0.2) is 48.4 Å². The number of nitrogens with one attached hydrogen (secondary N) is 1. The van der Waals surface area contributed by atoms with E-state index in [0.29, 0.717) is 5.69 Å². The number of carbonyl (C=O) groups is 2. The number of ether oxygens (including phenoxy) is 1. The number of hydrogen-bond acceptors (Lipinski definition) is 6. The minimum Gasteiger partial charge on any atom is -0.507 e. The van der Waals surface area contributed by atoms with Gasteiger partial charge in [0.05, 0.1) is 10.0 Å². The first-order chi connectivity index (χ1) is 18.6. The summed E-state index contributed by atoms with van der Waals surface area (Å²) in [4.78, 5) is 24.6. The lowest BCUT2D eigenvalue weighted by Gasteiger charge is -2.40. The van der Waals surface area contributed by atoms with E-state index in [1.807, 2.05) is 0 Å². The first-order valence-electron chi connectivity index (χ1n) is 13.3. The number of halogens is 2. The van der Waals surface area contributed by atoms with Gasteiger partial charge in [0, 0.05) is 23.8 Å². The van der Waals surface area contributed by atoms with E-state index in [1.54, 1.807) is 4.31 Å². The average molecular weight is 597 g/mol. The molecule has 1 saturated heterocycles. The van der Waals surface area contributed by atoms with Gasteiger partial charge in [-0.3, -0.25) is 15.0 Å². The zero-order chi connectivity index (χ0) is 27.7. The van der Waals surface area contributed by atoms with Gasteiger partial charge in [-0.05, 0) is 49.9 Å². The Morgan fingerprint density at radius 3 is 1.97 bits per heavy atom. The van der Waals surface area contributed by atoms with Crippen molar-refractivity contribution in [2.24, 2.45) is 0 Å². The quantitative estimate of drug-likeness (QED) is 0.368. The van der Waals surface area contributed by atoms with Crippen molar-refractivity contribution >= 4 is 50.9 Å². The summed E-state index contributed by atoms with van der Waals surface area (Å²) in [6.45, 7) is -0.163. The number of urea groups is 1. The van der Waals surface area contributed by atoms with Gasteiger partial charge < -0.3 is 9.84 Å². The second-order valence-electron chi connectivity index (χ2n) is 10.3. The van der Waals surface area contributed by atoms with Crippen molar-refractivity contribution in [2.45, 2.75) is 81.2 Å². The van der Waals surface area contributed by atoms with Gasteiger partial charge in [-0.25, -0.2) is 13.2 Å². The normalized spacial score (nSPS) is 19.5. The highest BCUT2D eigenvalue weighted by atomic mass is 35.5. The number of imide groups is 1. The summed E-state index contributed by atoms with van der Waals surface area (Å²) >= 11 is 12.9. The zero-order valence-electron chi connectivity index (χ0n) is 21.4. The molecule has 39 heavy (non-hydrogen) atoms. The number of aromatic hydroxyl groups is 1. The van der Waals surface area contributed by atoms with E-state index in [2.05, 4.69) is 5.32 Å². The molecule has 1 heterocycles. The van der Waals surface area contributed by atoms with Crippen LogP contribution >= 0.6 is 23.2 Å². The first kappa shape index (κ1) is 28.0. The third-order valence-corrected chi connectivity index (χ3v) is 10.3. The molecule has 9 nitrogen and oxygen atoms in total. The molecule has 3 amide bonds. The number of carbonyl (C=O) groups excluding carboxylic acids is 2. The maximum atomic E-state index is 14.1. The third-order valence-electron chi connectivity index (χ3n) is 7.66. The molecule has 3 aliphatic rings. The smallest absolute Gasteiger partial charge is 0.329 e. The van der Waals surface area contributed by atoms with E-state index in [4.69, 9.17) is 27.9 Å². The Morgan fingerprint density at radius 2 is 1.46 bits per heavy atom. The summed E-state index contributed by atoms with van der Waals surface area (Å²) in [5.41, 5.74) is 0.310. The average Bonchev–Trinajstić information content (AvgIpc) is 3.25. The van der Waals surface area contributed by atoms with Crippen LogP contribution in [-0.2, 0) is 14.8 Å². The Kier molecular flexibility index (Phi) is 8.28. The second-order valence-corrected chi connectivity index (χ2v) is 13.0. The highest BCUT2D eigenvalue weighted by Gasteiger charge is 2.39. The van der Waals surface area contributed by atoms with Crippen molar-refractivity contribution < 1.29 is 27.9 Å². The summed E-state index contributed by atoms with van der Waals surface area (Å²) in [5.74, 6) is -0.611. The number of anilines is 1. The maximum absolute atomic E-state index is 14.1. The Morgan fingerprint density at radius 1 is 0.897 bits per heavy atom. The summed E-state index contributed by atoms with van der Waals surface area (Å²) in [5, 5.41) is 13.0. The van der Waals surface area contributed by atoms with Crippen LogP contribution in [0, 0.1) is 0 Å². The summed E-state index contributed by atoms with van der Waals surface area (Å²) in [6.07, 6.45) is 9.38.